The SMILES string of the molecule is CC(C)c1csc2c1N(CCc1c[nH]c3ccccc13)C(c1cncc(F)c1)N=C2.Fc1cncc(-c2nc(NCCc3c[nH]c4ccccc34)c3occc3n2)c1. The minimum Gasteiger partial charge on any atom is -0.459 e. The number of hydrogen-bond donors (Lipinski definition) is 3. The van der Waals surface area contributed by atoms with Crippen molar-refractivity contribution in [3.8, 4) is 11.4 Å². The van der Waals surface area contributed by atoms with E-state index < -0.39 is 5.82 Å². The Morgan fingerprint density at radius 1 is 0.845 bits per heavy atom. The maximum Gasteiger partial charge on any atom is 0.194 e. The van der Waals surface area contributed by atoms with Crippen molar-refractivity contribution in [1.29, 1.82) is 0 Å². The quantitative estimate of drug-likeness (QED) is 0.126. The van der Waals surface area contributed by atoms with Gasteiger partial charge in [-0.2, -0.15) is 0 Å². The Balaban J connectivity index is 0.000000151. The van der Waals surface area contributed by atoms with Crippen LogP contribution in [0.1, 0.15) is 53.1 Å². The number of para-hydroxylation sites is 2. The van der Waals surface area contributed by atoms with E-state index in [0.29, 0.717) is 40.8 Å². The standard InChI is InChI=1S/C24H23FN4S.C21H16FN5O/c1-15(2)20-14-30-22-13-28-24(17-9-18(25)12-26-10-17)29(23(20)22)8-7-16-11-27-21-6-4-3-5-19(16)21;22-15-9-14(10-23-12-15)20-26-18-6-8-28-19(18)21(27-20)24-7-5-13-11-25-17-4-2-1-3-16(13)17/h3-6,9-15,24,27H,7-8H2,1-2H3;1-4,6,8-12,25H,5,7H2,(H,24,26,27). The molecule has 0 radical (unpaired) electrons. The van der Waals surface area contributed by atoms with Gasteiger partial charge in [0, 0.05) is 83.1 Å². The van der Waals surface area contributed by atoms with Crippen molar-refractivity contribution in [3.05, 3.63) is 154 Å². The molecule has 0 fully saturated rings. The van der Waals surface area contributed by atoms with Gasteiger partial charge in [0.25, 0.3) is 0 Å². The van der Waals surface area contributed by atoms with Crippen molar-refractivity contribution in [2.24, 2.45) is 4.99 Å². The van der Waals surface area contributed by atoms with Gasteiger partial charge in [0.05, 0.1) is 29.2 Å². The molecule has 1 atom stereocenters. The van der Waals surface area contributed by atoms with E-state index >= 15 is 0 Å². The lowest BCUT2D eigenvalue weighted by Gasteiger charge is -2.35. The van der Waals surface area contributed by atoms with E-state index in [4.69, 9.17) is 9.41 Å². The maximum atomic E-state index is 13.9. The number of benzene rings is 2. The fourth-order valence-electron chi connectivity index (χ4n) is 7.48. The first-order chi connectivity index (χ1) is 28.4. The van der Waals surface area contributed by atoms with Crippen molar-refractivity contribution in [3.63, 3.8) is 0 Å². The Bertz CT molecular complexity index is 2890. The van der Waals surface area contributed by atoms with E-state index in [9.17, 15) is 8.78 Å². The van der Waals surface area contributed by atoms with Crippen LogP contribution in [-0.2, 0) is 12.8 Å². The van der Waals surface area contributed by atoms with E-state index in [0.717, 1.165) is 42.2 Å². The second-order valence-electron chi connectivity index (χ2n) is 14.4. The van der Waals surface area contributed by atoms with Gasteiger partial charge < -0.3 is 24.6 Å². The predicted molar refractivity (Wildman–Crippen MR) is 228 cm³/mol. The molecule has 10 nitrogen and oxygen atoms in total. The Morgan fingerprint density at radius 2 is 1.55 bits per heavy atom. The number of thiophene rings is 1. The number of rotatable bonds is 10. The molecule has 2 aromatic carbocycles. The lowest BCUT2D eigenvalue weighted by atomic mass is 10.0. The normalized spacial score (nSPS) is 13.7. The minimum absolute atomic E-state index is 0.280. The second-order valence-corrected chi connectivity index (χ2v) is 15.3. The molecule has 9 aromatic rings. The first kappa shape index (κ1) is 36.9. The van der Waals surface area contributed by atoms with Crippen LogP contribution in [0.5, 0.6) is 0 Å². The molecule has 290 valence electrons. The number of aliphatic imine (C=N–C) groups is 1. The summed E-state index contributed by atoms with van der Waals surface area (Å²) in [5.41, 5.74) is 9.83. The molecule has 0 bridgehead atoms. The molecule has 8 heterocycles. The largest absolute Gasteiger partial charge is 0.459 e. The van der Waals surface area contributed by atoms with E-state index in [1.54, 1.807) is 42.1 Å². The van der Waals surface area contributed by atoms with Crippen LogP contribution < -0.4 is 10.2 Å². The first-order valence-electron chi connectivity index (χ1n) is 19.1. The second kappa shape index (κ2) is 16.0. The number of nitrogens with zero attached hydrogens (tertiary/aromatic N) is 6. The van der Waals surface area contributed by atoms with Crippen LogP contribution in [-0.4, -0.2) is 49.2 Å². The van der Waals surface area contributed by atoms with Gasteiger partial charge in [0.2, 0.25) is 0 Å². The van der Waals surface area contributed by atoms with E-state index in [1.165, 1.54) is 50.3 Å². The molecular formula is C45H39F2N9OS. The molecule has 0 amide bonds. The van der Waals surface area contributed by atoms with Crippen molar-refractivity contribution in [2.45, 2.75) is 38.8 Å². The molecule has 1 aliphatic rings. The summed E-state index contributed by atoms with van der Waals surface area (Å²) >= 11 is 1.72. The summed E-state index contributed by atoms with van der Waals surface area (Å²) in [6.45, 7) is 5.87. The van der Waals surface area contributed by atoms with Gasteiger partial charge in [0.1, 0.15) is 23.3 Å². The Labute approximate surface area is 336 Å². The molecule has 3 N–H and O–H groups in total. The summed E-state index contributed by atoms with van der Waals surface area (Å²) in [5, 5.41) is 8.01. The van der Waals surface area contributed by atoms with Crippen LogP contribution in [0.3, 0.4) is 0 Å². The average molecular weight is 792 g/mol. The van der Waals surface area contributed by atoms with Crippen molar-refractivity contribution < 1.29 is 13.2 Å². The summed E-state index contributed by atoms with van der Waals surface area (Å²) in [6, 6.07) is 21.2. The molecule has 1 aliphatic heterocycles. The number of aromatic nitrogens is 6. The van der Waals surface area contributed by atoms with Crippen molar-refractivity contribution in [2.75, 3.05) is 23.3 Å². The number of H-pyrrole nitrogens is 2. The fraction of sp³-hybridized carbons (Fsp3) is 0.178. The lowest BCUT2D eigenvalue weighted by molar-refractivity contribution is 0.598. The third-order valence-electron chi connectivity index (χ3n) is 10.3. The summed E-state index contributed by atoms with van der Waals surface area (Å²) in [5.74, 6) is 0.615. The fourth-order valence-corrected chi connectivity index (χ4v) is 8.59. The average Bonchev–Trinajstić information content (AvgIpc) is 4.06. The highest BCUT2D eigenvalue weighted by molar-refractivity contribution is 7.12. The molecule has 58 heavy (non-hydrogen) atoms. The number of aromatic amines is 2. The van der Waals surface area contributed by atoms with Crippen molar-refractivity contribution in [1.82, 2.24) is 29.9 Å². The van der Waals surface area contributed by atoms with E-state index in [2.05, 4.69) is 95.9 Å². The minimum atomic E-state index is -0.428. The van der Waals surface area contributed by atoms with Gasteiger partial charge in [-0.25, -0.2) is 18.7 Å². The number of hydrogen-bond acceptors (Lipinski definition) is 9. The Morgan fingerprint density at radius 3 is 2.28 bits per heavy atom. The van der Waals surface area contributed by atoms with Gasteiger partial charge >= 0.3 is 0 Å². The maximum absolute atomic E-state index is 13.9. The van der Waals surface area contributed by atoms with Gasteiger partial charge in [-0.15, -0.1) is 11.3 Å². The van der Waals surface area contributed by atoms with Gasteiger partial charge in [0.15, 0.2) is 17.2 Å². The summed E-state index contributed by atoms with van der Waals surface area (Å²) < 4.78 is 33.0. The number of halogens is 2. The van der Waals surface area contributed by atoms with Crippen LogP contribution in [0.15, 0.2) is 125 Å². The number of fused-ring (bicyclic) bond motifs is 4. The van der Waals surface area contributed by atoms with Gasteiger partial charge in [-0.1, -0.05) is 50.2 Å². The predicted octanol–water partition coefficient (Wildman–Crippen LogP) is 10.6. The molecule has 7 aromatic heterocycles. The third kappa shape index (κ3) is 7.43. The lowest BCUT2D eigenvalue weighted by Crippen LogP contribution is -2.33. The highest BCUT2D eigenvalue weighted by Crippen LogP contribution is 2.43. The highest BCUT2D eigenvalue weighted by atomic mass is 32.1. The smallest absolute Gasteiger partial charge is 0.194 e. The molecule has 0 saturated carbocycles. The molecule has 10 rings (SSSR count). The van der Waals surface area contributed by atoms with Crippen LogP contribution in [0.25, 0.3) is 44.3 Å². The first-order valence-corrected chi connectivity index (χ1v) is 20.0. The third-order valence-corrected chi connectivity index (χ3v) is 11.2. The number of nitrogens with one attached hydrogen (secondary N) is 3. The van der Waals surface area contributed by atoms with Crippen LogP contribution in [0.2, 0.25) is 0 Å². The zero-order chi connectivity index (χ0) is 39.6. The number of anilines is 2. The number of furan rings is 1. The van der Waals surface area contributed by atoms with Crippen LogP contribution >= 0.6 is 11.3 Å². The number of pyridine rings is 2. The zero-order valence-electron chi connectivity index (χ0n) is 31.8. The topological polar surface area (TPSA) is 124 Å². The van der Waals surface area contributed by atoms with Crippen LogP contribution in [0.4, 0.5) is 20.3 Å². The summed E-state index contributed by atoms with van der Waals surface area (Å²) in [4.78, 5) is 31.9. The summed E-state index contributed by atoms with van der Waals surface area (Å²) in [6.07, 6.45) is 14.7. The van der Waals surface area contributed by atoms with E-state index in [-0.39, 0.29) is 12.0 Å². The van der Waals surface area contributed by atoms with Gasteiger partial charge in [-0.05, 0) is 65.1 Å². The summed E-state index contributed by atoms with van der Waals surface area (Å²) in [7, 11) is 0. The molecule has 0 saturated heterocycles. The molecule has 0 spiro atoms. The monoisotopic (exact) mass is 791 g/mol. The zero-order valence-corrected chi connectivity index (χ0v) is 32.6. The molecule has 1 unspecified atom stereocenters. The Hall–Kier alpha value is -6.73. The van der Waals surface area contributed by atoms with Crippen molar-refractivity contribution >= 4 is 62.0 Å². The van der Waals surface area contributed by atoms with E-state index in [1.807, 2.05) is 30.6 Å². The van der Waals surface area contributed by atoms with Gasteiger partial charge in [-0.3, -0.25) is 15.0 Å². The molecule has 0 aliphatic carbocycles. The highest BCUT2D eigenvalue weighted by Gasteiger charge is 2.30. The molecular weight excluding hydrogens is 753 g/mol. The van der Waals surface area contributed by atoms with Crippen LogP contribution in [0, 0.1) is 11.6 Å². The Kier molecular flexibility index (Phi) is 10.2. The molecule has 13 heteroatoms.